The van der Waals surface area contributed by atoms with Crippen LogP contribution in [0.5, 0.6) is 0 Å². The van der Waals surface area contributed by atoms with Gasteiger partial charge in [-0.05, 0) is 41.3 Å². The summed E-state index contributed by atoms with van der Waals surface area (Å²) in [5.41, 5.74) is 5.37. The number of carbonyl (C=O) groups excluding carboxylic acids is 2. The maximum Gasteiger partial charge on any atom is 0.275 e. The average Bonchev–Trinajstić information content (AvgIpc) is 2.73. The van der Waals surface area contributed by atoms with Crippen LogP contribution in [0.1, 0.15) is 22.3 Å². The van der Waals surface area contributed by atoms with Crippen molar-refractivity contribution < 1.29 is 14.8 Å². The van der Waals surface area contributed by atoms with Crippen LogP contribution >= 0.6 is 0 Å². The molecule has 0 aliphatic carbocycles. The zero-order chi connectivity index (χ0) is 19.1. The fourth-order valence-electron chi connectivity index (χ4n) is 2.85. The van der Waals surface area contributed by atoms with E-state index >= 15 is 0 Å². The fourth-order valence-corrected chi connectivity index (χ4v) is 2.85. The number of hydrogen-bond acceptors (Lipinski definition) is 3. The molecule has 3 rings (SSSR count). The molecule has 0 bridgehead atoms. The number of aryl methyl sites for hydroxylation is 1. The highest BCUT2D eigenvalue weighted by Crippen LogP contribution is 2.25. The van der Waals surface area contributed by atoms with Gasteiger partial charge in [-0.1, -0.05) is 60.7 Å². The Balaban J connectivity index is 1.66. The fraction of sp³-hybridized carbons (Fsp3) is 0.0909. The molecule has 0 aliphatic rings. The Morgan fingerprint density at radius 1 is 0.815 bits per heavy atom. The topological polar surface area (TPSA) is 78.4 Å². The molecular weight excluding hydrogens is 340 g/mol. The Kier molecular flexibility index (Phi) is 5.97. The van der Waals surface area contributed by atoms with E-state index in [0.717, 1.165) is 11.1 Å². The number of hydrogen-bond donors (Lipinski definition) is 3. The van der Waals surface area contributed by atoms with E-state index in [-0.39, 0.29) is 5.91 Å². The normalized spacial score (nSPS) is 10.3. The Morgan fingerprint density at radius 3 is 2.19 bits per heavy atom. The first-order valence-electron chi connectivity index (χ1n) is 8.65. The lowest BCUT2D eigenvalue weighted by Gasteiger charge is -2.10. The van der Waals surface area contributed by atoms with Crippen molar-refractivity contribution in [2.75, 3.05) is 5.32 Å². The Bertz CT molecular complexity index is 922. The molecule has 0 heterocycles. The van der Waals surface area contributed by atoms with Crippen molar-refractivity contribution in [1.29, 1.82) is 0 Å². The van der Waals surface area contributed by atoms with E-state index in [1.54, 1.807) is 35.8 Å². The lowest BCUT2D eigenvalue weighted by atomic mass is 9.99. The molecule has 5 nitrogen and oxygen atoms in total. The van der Waals surface area contributed by atoms with E-state index in [9.17, 15) is 9.59 Å². The van der Waals surface area contributed by atoms with Crippen LogP contribution in [0.15, 0.2) is 78.9 Å². The lowest BCUT2D eigenvalue weighted by molar-refractivity contribution is -0.116. The Hall–Kier alpha value is -3.44. The third kappa shape index (κ3) is 4.80. The maximum atomic E-state index is 12.1. The van der Waals surface area contributed by atoms with Gasteiger partial charge >= 0.3 is 0 Å². The summed E-state index contributed by atoms with van der Waals surface area (Å²) in [7, 11) is 0. The molecule has 0 radical (unpaired) electrons. The highest BCUT2D eigenvalue weighted by Gasteiger charge is 2.11. The zero-order valence-corrected chi connectivity index (χ0v) is 14.7. The van der Waals surface area contributed by atoms with Gasteiger partial charge in [0.25, 0.3) is 5.91 Å². The first kappa shape index (κ1) is 18.4. The van der Waals surface area contributed by atoms with Crippen molar-refractivity contribution in [2.24, 2.45) is 0 Å². The van der Waals surface area contributed by atoms with Crippen molar-refractivity contribution in [1.82, 2.24) is 5.48 Å². The highest BCUT2D eigenvalue weighted by atomic mass is 16.5. The van der Waals surface area contributed by atoms with Gasteiger partial charge in [0.2, 0.25) is 5.91 Å². The molecule has 0 aliphatic heterocycles. The predicted molar refractivity (Wildman–Crippen MR) is 105 cm³/mol. The van der Waals surface area contributed by atoms with E-state index in [1.165, 1.54) is 0 Å². The van der Waals surface area contributed by atoms with E-state index in [1.807, 2.05) is 48.5 Å². The maximum absolute atomic E-state index is 12.1. The lowest BCUT2D eigenvalue weighted by Crippen LogP contribution is -2.19. The summed E-state index contributed by atoms with van der Waals surface area (Å²) in [6.45, 7) is 0. The number of carbonyl (C=O) groups is 2. The molecule has 27 heavy (non-hydrogen) atoms. The number of benzene rings is 3. The molecule has 0 saturated carbocycles. The summed E-state index contributed by atoms with van der Waals surface area (Å²) < 4.78 is 0. The minimum Gasteiger partial charge on any atom is -0.326 e. The van der Waals surface area contributed by atoms with Crippen LogP contribution in [-0.2, 0) is 11.2 Å². The highest BCUT2D eigenvalue weighted by molar-refractivity contribution is 6.00. The smallest absolute Gasteiger partial charge is 0.275 e. The second kappa shape index (κ2) is 8.78. The molecular formula is C22H20N2O3. The summed E-state index contributed by atoms with van der Waals surface area (Å²) in [5, 5.41) is 11.8. The van der Waals surface area contributed by atoms with Crippen LogP contribution in [0.4, 0.5) is 5.69 Å². The first-order valence-corrected chi connectivity index (χ1v) is 8.65. The molecule has 3 aromatic carbocycles. The SMILES string of the molecule is O=C(CCc1ccccc1)Nc1ccc(-c2ccccc2C(=O)NO)cc1. The molecule has 0 unspecified atom stereocenters. The van der Waals surface area contributed by atoms with Crippen molar-refractivity contribution in [3.63, 3.8) is 0 Å². The number of nitrogens with one attached hydrogen (secondary N) is 2. The molecule has 3 N–H and O–H groups in total. The minimum absolute atomic E-state index is 0.0494. The van der Waals surface area contributed by atoms with Gasteiger partial charge in [0.15, 0.2) is 0 Å². The van der Waals surface area contributed by atoms with Gasteiger partial charge < -0.3 is 5.32 Å². The van der Waals surface area contributed by atoms with Crippen LogP contribution < -0.4 is 10.8 Å². The van der Waals surface area contributed by atoms with Crippen LogP contribution in [0.2, 0.25) is 0 Å². The molecule has 0 spiro atoms. The predicted octanol–water partition coefficient (Wildman–Crippen LogP) is 4.04. The Morgan fingerprint density at radius 2 is 1.48 bits per heavy atom. The van der Waals surface area contributed by atoms with Crippen LogP contribution in [0.3, 0.4) is 0 Å². The molecule has 5 heteroatoms. The van der Waals surface area contributed by atoms with Crippen molar-refractivity contribution in [2.45, 2.75) is 12.8 Å². The van der Waals surface area contributed by atoms with Gasteiger partial charge in [-0.2, -0.15) is 0 Å². The van der Waals surface area contributed by atoms with Crippen LogP contribution in [-0.4, -0.2) is 17.0 Å². The van der Waals surface area contributed by atoms with Crippen LogP contribution in [0.25, 0.3) is 11.1 Å². The molecule has 3 aromatic rings. The number of anilines is 1. The van der Waals surface area contributed by atoms with Crippen molar-refractivity contribution in [3.05, 3.63) is 90.0 Å². The quantitative estimate of drug-likeness (QED) is 0.458. The third-order valence-corrected chi connectivity index (χ3v) is 4.24. The van der Waals surface area contributed by atoms with E-state index < -0.39 is 5.91 Å². The van der Waals surface area contributed by atoms with Gasteiger partial charge in [0, 0.05) is 17.7 Å². The Labute approximate surface area is 157 Å². The molecule has 0 aromatic heterocycles. The van der Waals surface area contributed by atoms with Crippen molar-refractivity contribution in [3.8, 4) is 11.1 Å². The second-order valence-corrected chi connectivity index (χ2v) is 6.10. The molecule has 0 saturated heterocycles. The van der Waals surface area contributed by atoms with E-state index in [4.69, 9.17) is 5.21 Å². The van der Waals surface area contributed by atoms with E-state index in [2.05, 4.69) is 5.32 Å². The van der Waals surface area contributed by atoms with Gasteiger partial charge in [-0.25, -0.2) is 5.48 Å². The van der Waals surface area contributed by atoms with Gasteiger partial charge in [0.05, 0.1) is 0 Å². The first-order chi connectivity index (χ1) is 13.2. The summed E-state index contributed by atoms with van der Waals surface area (Å²) in [5.74, 6) is -0.615. The summed E-state index contributed by atoms with van der Waals surface area (Å²) in [6, 6.07) is 24.1. The molecule has 0 atom stereocenters. The largest absolute Gasteiger partial charge is 0.326 e. The number of hydroxylamine groups is 1. The molecule has 2 amide bonds. The zero-order valence-electron chi connectivity index (χ0n) is 14.7. The monoisotopic (exact) mass is 360 g/mol. The second-order valence-electron chi connectivity index (χ2n) is 6.10. The number of amides is 2. The van der Waals surface area contributed by atoms with E-state index in [0.29, 0.717) is 29.7 Å². The standard InChI is InChI=1S/C22H20N2O3/c25-21(15-10-16-6-2-1-3-7-16)23-18-13-11-17(12-14-18)19-8-4-5-9-20(19)22(26)24-27/h1-9,11-14,27H,10,15H2,(H,23,25)(H,24,26). The summed E-state index contributed by atoms with van der Waals surface area (Å²) in [6.07, 6.45) is 1.10. The minimum atomic E-state index is -0.566. The summed E-state index contributed by atoms with van der Waals surface area (Å²) >= 11 is 0. The average molecular weight is 360 g/mol. The molecule has 0 fully saturated rings. The molecule has 136 valence electrons. The summed E-state index contributed by atoms with van der Waals surface area (Å²) in [4.78, 5) is 23.9. The van der Waals surface area contributed by atoms with Gasteiger partial charge in [-0.3, -0.25) is 14.8 Å². The van der Waals surface area contributed by atoms with Crippen molar-refractivity contribution >= 4 is 17.5 Å². The number of rotatable bonds is 6. The van der Waals surface area contributed by atoms with Crippen LogP contribution in [0, 0.1) is 0 Å². The van der Waals surface area contributed by atoms with Gasteiger partial charge in [0.1, 0.15) is 0 Å². The van der Waals surface area contributed by atoms with Gasteiger partial charge in [-0.15, -0.1) is 0 Å². The third-order valence-electron chi connectivity index (χ3n) is 4.24.